The van der Waals surface area contributed by atoms with Crippen molar-refractivity contribution >= 4 is 10.0 Å². The summed E-state index contributed by atoms with van der Waals surface area (Å²) >= 11 is 0. The zero-order valence-electron chi connectivity index (χ0n) is 10.3. The number of nitrogens with one attached hydrogen (secondary N) is 1. The summed E-state index contributed by atoms with van der Waals surface area (Å²) in [7, 11) is -3.73. The minimum atomic E-state index is -3.73. The van der Waals surface area contributed by atoms with Gasteiger partial charge in [-0.05, 0) is 12.1 Å². The van der Waals surface area contributed by atoms with E-state index >= 15 is 0 Å². The molecule has 0 heterocycles. The first kappa shape index (κ1) is 14.6. The van der Waals surface area contributed by atoms with Gasteiger partial charge in [0.1, 0.15) is 6.07 Å². The molecule has 18 heavy (non-hydrogen) atoms. The van der Waals surface area contributed by atoms with E-state index in [1.807, 2.05) is 6.07 Å². The Labute approximate surface area is 107 Å². The van der Waals surface area contributed by atoms with E-state index in [1.54, 1.807) is 26.0 Å². The molecular weight excluding hydrogens is 252 g/mol. The number of aliphatic hydroxyl groups excluding tert-OH is 1. The van der Waals surface area contributed by atoms with Crippen LogP contribution in [0.2, 0.25) is 0 Å². The predicted octanol–water partition coefficient (Wildman–Crippen LogP) is 0.855. The van der Waals surface area contributed by atoms with Gasteiger partial charge in [0, 0.05) is 18.6 Å². The zero-order valence-corrected chi connectivity index (χ0v) is 11.2. The fourth-order valence-electron chi connectivity index (χ4n) is 1.22. The van der Waals surface area contributed by atoms with Crippen LogP contribution in [0.3, 0.4) is 0 Å². The van der Waals surface area contributed by atoms with Crippen molar-refractivity contribution in [3.8, 4) is 6.07 Å². The Balaban J connectivity index is 2.98. The molecule has 0 saturated heterocycles. The maximum absolute atomic E-state index is 12.0. The summed E-state index contributed by atoms with van der Waals surface area (Å²) in [4.78, 5) is -0.0405. The standard InChI is InChI=1S/C12H16N2O3S/c1-12(2,9-15)8-14-18(16,17)11-6-4-3-5-10(11)7-13/h3-6,14-15H,8-9H2,1-2H3. The van der Waals surface area contributed by atoms with E-state index in [-0.39, 0.29) is 23.6 Å². The fraction of sp³-hybridized carbons (Fsp3) is 0.417. The molecule has 0 atom stereocenters. The third-order valence-corrected chi connectivity index (χ3v) is 3.93. The van der Waals surface area contributed by atoms with Crippen LogP contribution in [0.5, 0.6) is 0 Å². The van der Waals surface area contributed by atoms with Crippen molar-refractivity contribution in [2.45, 2.75) is 18.7 Å². The van der Waals surface area contributed by atoms with Crippen LogP contribution in [-0.2, 0) is 10.0 Å². The summed E-state index contributed by atoms with van der Waals surface area (Å²) in [5.41, 5.74) is -0.443. The van der Waals surface area contributed by atoms with Crippen molar-refractivity contribution < 1.29 is 13.5 Å². The summed E-state index contributed by atoms with van der Waals surface area (Å²) in [6.07, 6.45) is 0. The predicted molar refractivity (Wildman–Crippen MR) is 67.2 cm³/mol. The number of sulfonamides is 1. The molecule has 1 rings (SSSR count). The van der Waals surface area contributed by atoms with Gasteiger partial charge >= 0.3 is 0 Å². The van der Waals surface area contributed by atoms with Crippen LogP contribution >= 0.6 is 0 Å². The Morgan fingerprint density at radius 3 is 2.56 bits per heavy atom. The van der Waals surface area contributed by atoms with Gasteiger partial charge in [0.05, 0.1) is 10.5 Å². The van der Waals surface area contributed by atoms with E-state index in [2.05, 4.69) is 4.72 Å². The molecule has 0 spiro atoms. The van der Waals surface area contributed by atoms with Crippen molar-refractivity contribution in [2.75, 3.05) is 13.2 Å². The number of hydrogen-bond acceptors (Lipinski definition) is 4. The lowest BCUT2D eigenvalue weighted by Crippen LogP contribution is -2.36. The third-order valence-electron chi connectivity index (χ3n) is 2.47. The normalized spacial score (nSPS) is 12.1. The van der Waals surface area contributed by atoms with Crippen molar-refractivity contribution in [2.24, 2.45) is 5.41 Å². The highest BCUT2D eigenvalue weighted by atomic mass is 32.2. The monoisotopic (exact) mass is 268 g/mol. The van der Waals surface area contributed by atoms with Gasteiger partial charge in [0.15, 0.2) is 0 Å². The number of rotatable bonds is 5. The number of nitrogens with zero attached hydrogens (tertiary/aromatic N) is 1. The van der Waals surface area contributed by atoms with Crippen molar-refractivity contribution in [1.29, 1.82) is 5.26 Å². The molecule has 0 fully saturated rings. The van der Waals surface area contributed by atoms with E-state index < -0.39 is 15.4 Å². The minimum Gasteiger partial charge on any atom is -0.396 e. The molecule has 2 N–H and O–H groups in total. The van der Waals surface area contributed by atoms with Crippen molar-refractivity contribution in [1.82, 2.24) is 4.72 Å². The van der Waals surface area contributed by atoms with Gasteiger partial charge in [0.2, 0.25) is 10.0 Å². The largest absolute Gasteiger partial charge is 0.396 e. The van der Waals surface area contributed by atoms with Crippen LogP contribution in [0.4, 0.5) is 0 Å². The summed E-state index contributed by atoms with van der Waals surface area (Å²) in [5, 5.41) is 17.9. The maximum atomic E-state index is 12.0. The summed E-state index contributed by atoms with van der Waals surface area (Å²) in [5.74, 6) is 0. The van der Waals surface area contributed by atoms with Crippen LogP contribution in [-0.4, -0.2) is 26.7 Å². The third kappa shape index (κ3) is 3.53. The summed E-state index contributed by atoms with van der Waals surface area (Å²) in [6.45, 7) is 3.46. The van der Waals surface area contributed by atoms with E-state index in [1.165, 1.54) is 12.1 Å². The molecule has 1 aromatic rings. The van der Waals surface area contributed by atoms with Crippen LogP contribution in [0, 0.1) is 16.7 Å². The molecule has 5 nitrogen and oxygen atoms in total. The van der Waals surface area contributed by atoms with Crippen LogP contribution in [0.15, 0.2) is 29.2 Å². The van der Waals surface area contributed by atoms with Gasteiger partial charge < -0.3 is 5.11 Å². The lowest BCUT2D eigenvalue weighted by molar-refractivity contribution is 0.163. The first-order valence-corrected chi connectivity index (χ1v) is 6.90. The highest BCUT2D eigenvalue weighted by Crippen LogP contribution is 2.17. The Bertz CT molecular complexity index is 559. The number of hydrogen-bond donors (Lipinski definition) is 2. The Morgan fingerprint density at radius 1 is 1.39 bits per heavy atom. The minimum absolute atomic E-state index is 0.0405. The molecular formula is C12H16N2O3S. The molecule has 0 unspecified atom stereocenters. The molecule has 0 aliphatic rings. The number of benzene rings is 1. The topological polar surface area (TPSA) is 90.2 Å². The van der Waals surface area contributed by atoms with Gasteiger partial charge in [-0.15, -0.1) is 0 Å². The van der Waals surface area contributed by atoms with Gasteiger partial charge in [-0.3, -0.25) is 0 Å². The maximum Gasteiger partial charge on any atom is 0.241 e. The Morgan fingerprint density at radius 2 is 2.00 bits per heavy atom. The average Bonchev–Trinajstić information content (AvgIpc) is 2.37. The highest BCUT2D eigenvalue weighted by molar-refractivity contribution is 7.89. The molecule has 0 aliphatic carbocycles. The number of aliphatic hydroxyl groups is 1. The molecule has 0 aromatic heterocycles. The first-order valence-electron chi connectivity index (χ1n) is 5.42. The molecule has 0 saturated carbocycles. The molecule has 98 valence electrons. The Hall–Kier alpha value is -1.42. The van der Waals surface area contributed by atoms with Crippen molar-refractivity contribution in [3.63, 3.8) is 0 Å². The molecule has 0 bridgehead atoms. The molecule has 0 aliphatic heterocycles. The first-order chi connectivity index (χ1) is 8.32. The van der Waals surface area contributed by atoms with Crippen LogP contribution < -0.4 is 4.72 Å². The van der Waals surface area contributed by atoms with E-state index in [9.17, 15) is 8.42 Å². The SMILES string of the molecule is CC(C)(CO)CNS(=O)(=O)c1ccccc1C#N. The van der Waals surface area contributed by atoms with E-state index in [4.69, 9.17) is 10.4 Å². The summed E-state index contributed by atoms with van der Waals surface area (Å²) < 4.78 is 26.5. The van der Waals surface area contributed by atoms with Crippen LogP contribution in [0.25, 0.3) is 0 Å². The lowest BCUT2D eigenvalue weighted by atomic mass is 9.96. The smallest absolute Gasteiger partial charge is 0.241 e. The average molecular weight is 268 g/mol. The van der Waals surface area contributed by atoms with Crippen molar-refractivity contribution in [3.05, 3.63) is 29.8 Å². The molecule has 6 heteroatoms. The van der Waals surface area contributed by atoms with Gasteiger partial charge in [-0.25, -0.2) is 13.1 Å². The van der Waals surface area contributed by atoms with Crippen LogP contribution in [0.1, 0.15) is 19.4 Å². The van der Waals surface area contributed by atoms with Gasteiger partial charge in [-0.2, -0.15) is 5.26 Å². The molecule has 0 amide bonds. The summed E-state index contributed by atoms with van der Waals surface area (Å²) in [6, 6.07) is 7.84. The molecule has 1 aromatic carbocycles. The quantitative estimate of drug-likeness (QED) is 0.828. The second-order valence-corrected chi connectivity index (χ2v) is 6.49. The van der Waals surface area contributed by atoms with E-state index in [0.717, 1.165) is 0 Å². The fourth-order valence-corrected chi connectivity index (χ4v) is 2.61. The Kier molecular flexibility index (Phi) is 4.46. The number of nitriles is 1. The second kappa shape index (κ2) is 5.48. The lowest BCUT2D eigenvalue weighted by Gasteiger charge is -2.21. The highest BCUT2D eigenvalue weighted by Gasteiger charge is 2.23. The zero-order chi connectivity index (χ0) is 13.8. The van der Waals surface area contributed by atoms with E-state index in [0.29, 0.717) is 0 Å². The van der Waals surface area contributed by atoms with Gasteiger partial charge in [0.25, 0.3) is 0 Å². The molecule has 0 radical (unpaired) electrons. The second-order valence-electron chi connectivity index (χ2n) is 4.75. The van der Waals surface area contributed by atoms with Gasteiger partial charge in [-0.1, -0.05) is 26.0 Å².